The van der Waals surface area contributed by atoms with Gasteiger partial charge in [-0.25, -0.2) is 0 Å². The molecular weight excluding hydrogens is 146 g/mol. The molecule has 66 valence electrons. The zero-order valence-electron chi connectivity index (χ0n) is 7.96. The van der Waals surface area contributed by atoms with Crippen LogP contribution in [0.1, 0.15) is 19.4 Å². The molecule has 0 amide bonds. The molecule has 2 N–H and O–H groups in total. The molecule has 1 heteroatoms. The smallest absolute Gasteiger partial charge is 0.101 e. The molecule has 0 aliphatic rings. The first-order chi connectivity index (χ1) is 5.79. The van der Waals surface area contributed by atoms with E-state index in [0.29, 0.717) is 0 Å². The number of hydrogen-bond donors (Lipinski definition) is 1. The van der Waals surface area contributed by atoms with Crippen molar-refractivity contribution in [3.05, 3.63) is 35.9 Å². The molecule has 1 aromatic carbocycles. The highest BCUT2D eigenvalue weighted by Gasteiger charge is 1.96. The maximum absolute atomic E-state index is 2.36. The highest BCUT2D eigenvalue weighted by molar-refractivity contribution is 5.12. The van der Waals surface area contributed by atoms with Crippen LogP contribution >= 0.6 is 0 Å². The Morgan fingerprint density at radius 3 is 2.42 bits per heavy atom. The van der Waals surface area contributed by atoms with Gasteiger partial charge in [0.15, 0.2) is 0 Å². The third-order valence-electron chi connectivity index (χ3n) is 1.86. The summed E-state index contributed by atoms with van der Waals surface area (Å²) < 4.78 is 0. The second kappa shape index (κ2) is 4.94. The van der Waals surface area contributed by atoms with Gasteiger partial charge in [0, 0.05) is 11.5 Å². The van der Waals surface area contributed by atoms with E-state index in [-0.39, 0.29) is 0 Å². The van der Waals surface area contributed by atoms with E-state index in [1.54, 1.807) is 0 Å². The lowest BCUT2D eigenvalue weighted by molar-refractivity contribution is -0.675. The molecule has 0 saturated carbocycles. The van der Waals surface area contributed by atoms with Crippen molar-refractivity contribution in [1.82, 2.24) is 0 Å². The fourth-order valence-corrected chi connectivity index (χ4v) is 1.20. The zero-order valence-corrected chi connectivity index (χ0v) is 7.96. The standard InChI is InChI=1S/C11H17N/c1-10(2)8-12-9-11-6-4-3-5-7-11/h3-7,10,12H,8-9H2,1-2H3/p+1. The van der Waals surface area contributed by atoms with Crippen molar-refractivity contribution in [3.63, 3.8) is 0 Å². The molecule has 0 saturated heterocycles. The maximum Gasteiger partial charge on any atom is 0.101 e. The minimum absolute atomic E-state index is 0.786. The van der Waals surface area contributed by atoms with Gasteiger partial charge in [-0.2, -0.15) is 0 Å². The van der Waals surface area contributed by atoms with E-state index in [9.17, 15) is 0 Å². The van der Waals surface area contributed by atoms with E-state index in [1.807, 2.05) is 0 Å². The third-order valence-corrected chi connectivity index (χ3v) is 1.86. The van der Waals surface area contributed by atoms with Gasteiger partial charge in [-0.15, -0.1) is 0 Å². The van der Waals surface area contributed by atoms with Gasteiger partial charge in [-0.3, -0.25) is 0 Å². The van der Waals surface area contributed by atoms with E-state index in [2.05, 4.69) is 49.5 Å². The average molecular weight is 164 g/mol. The summed E-state index contributed by atoms with van der Waals surface area (Å²) in [5.41, 5.74) is 1.41. The largest absolute Gasteiger partial charge is 0.342 e. The number of quaternary nitrogens is 1. The molecule has 0 fully saturated rings. The van der Waals surface area contributed by atoms with Gasteiger partial charge in [-0.05, 0) is 0 Å². The Morgan fingerprint density at radius 2 is 1.83 bits per heavy atom. The summed E-state index contributed by atoms with van der Waals surface area (Å²) >= 11 is 0. The normalized spacial score (nSPS) is 10.6. The van der Waals surface area contributed by atoms with Crippen LogP contribution in [0, 0.1) is 5.92 Å². The van der Waals surface area contributed by atoms with Crippen molar-refractivity contribution in [2.24, 2.45) is 5.92 Å². The van der Waals surface area contributed by atoms with Crippen LogP contribution in [-0.2, 0) is 6.54 Å². The lowest BCUT2D eigenvalue weighted by atomic mass is 10.2. The highest BCUT2D eigenvalue weighted by atomic mass is 14.8. The second-order valence-electron chi connectivity index (χ2n) is 3.61. The Morgan fingerprint density at radius 1 is 1.17 bits per heavy atom. The van der Waals surface area contributed by atoms with E-state index >= 15 is 0 Å². The predicted octanol–water partition coefficient (Wildman–Crippen LogP) is 1.41. The molecule has 1 rings (SSSR count). The van der Waals surface area contributed by atoms with Crippen molar-refractivity contribution < 1.29 is 5.32 Å². The highest BCUT2D eigenvalue weighted by Crippen LogP contribution is 1.94. The maximum atomic E-state index is 2.36. The van der Waals surface area contributed by atoms with Gasteiger partial charge in [0.2, 0.25) is 0 Å². The zero-order chi connectivity index (χ0) is 8.81. The fourth-order valence-electron chi connectivity index (χ4n) is 1.20. The van der Waals surface area contributed by atoms with Crippen LogP contribution < -0.4 is 5.32 Å². The molecule has 0 heterocycles. The molecule has 0 aliphatic carbocycles. The fraction of sp³-hybridized carbons (Fsp3) is 0.455. The average Bonchev–Trinajstić information content (AvgIpc) is 2.05. The molecule has 1 nitrogen and oxygen atoms in total. The van der Waals surface area contributed by atoms with Gasteiger partial charge in [0.25, 0.3) is 0 Å². The number of rotatable bonds is 4. The van der Waals surface area contributed by atoms with Crippen LogP contribution in [0.4, 0.5) is 0 Å². The van der Waals surface area contributed by atoms with E-state index in [4.69, 9.17) is 0 Å². The first-order valence-corrected chi connectivity index (χ1v) is 4.64. The molecule has 0 aliphatic heterocycles. The van der Waals surface area contributed by atoms with Crippen LogP contribution in [-0.4, -0.2) is 6.54 Å². The summed E-state index contributed by atoms with van der Waals surface area (Å²) in [6.07, 6.45) is 0. The Hall–Kier alpha value is -0.820. The molecule has 12 heavy (non-hydrogen) atoms. The Kier molecular flexibility index (Phi) is 3.81. The summed E-state index contributed by atoms with van der Waals surface area (Å²) in [6.45, 7) is 6.83. The van der Waals surface area contributed by atoms with Crippen LogP contribution in [0.15, 0.2) is 30.3 Å². The molecule has 1 aromatic rings. The summed E-state index contributed by atoms with van der Waals surface area (Å²) in [6, 6.07) is 10.6. The van der Waals surface area contributed by atoms with Crippen molar-refractivity contribution in [1.29, 1.82) is 0 Å². The van der Waals surface area contributed by atoms with E-state index < -0.39 is 0 Å². The topological polar surface area (TPSA) is 16.6 Å². The van der Waals surface area contributed by atoms with E-state index in [0.717, 1.165) is 12.5 Å². The first-order valence-electron chi connectivity index (χ1n) is 4.64. The van der Waals surface area contributed by atoms with Crippen molar-refractivity contribution in [3.8, 4) is 0 Å². The summed E-state index contributed by atoms with van der Waals surface area (Å²) in [4.78, 5) is 0. The van der Waals surface area contributed by atoms with Gasteiger partial charge in [-0.1, -0.05) is 44.2 Å². The Bertz CT molecular complexity index is 204. The SMILES string of the molecule is CC(C)C[NH2+]Cc1ccccc1. The summed E-state index contributed by atoms with van der Waals surface area (Å²) in [7, 11) is 0. The Balaban J connectivity index is 2.25. The van der Waals surface area contributed by atoms with Crippen molar-refractivity contribution in [2.75, 3.05) is 6.54 Å². The molecule has 0 unspecified atom stereocenters. The minimum atomic E-state index is 0.786. The van der Waals surface area contributed by atoms with Gasteiger partial charge in [0.05, 0.1) is 6.54 Å². The number of benzene rings is 1. The van der Waals surface area contributed by atoms with Crippen LogP contribution in [0.25, 0.3) is 0 Å². The van der Waals surface area contributed by atoms with Crippen LogP contribution in [0.3, 0.4) is 0 Å². The number of nitrogens with two attached hydrogens (primary N) is 1. The summed E-state index contributed by atoms with van der Waals surface area (Å²) in [5.74, 6) is 0.786. The van der Waals surface area contributed by atoms with Crippen molar-refractivity contribution in [2.45, 2.75) is 20.4 Å². The predicted molar refractivity (Wildman–Crippen MR) is 51.8 cm³/mol. The first kappa shape index (κ1) is 9.27. The summed E-state index contributed by atoms with van der Waals surface area (Å²) in [5, 5.41) is 2.36. The van der Waals surface area contributed by atoms with Crippen LogP contribution in [0.2, 0.25) is 0 Å². The molecule has 0 bridgehead atoms. The van der Waals surface area contributed by atoms with Crippen LogP contribution in [0.5, 0.6) is 0 Å². The van der Waals surface area contributed by atoms with E-state index in [1.165, 1.54) is 12.1 Å². The third kappa shape index (κ3) is 3.54. The van der Waals surface area contributed by atoms with Gasteiger partial charge < -0.3 is 5.32 Å². The van der Waals surface area contributed by atoms with Crippen molar-refractivity contribution >= 4 is 0 Å². The van der Waals surface area contributed by atoms with Gasteiger partial charge in [0.1, 0.15) is 6.54 Å². The lowest BCUT2D eigenvalue weighted by Gasteiger charge is -2.03. The molecule has 0 spiro atoms. The minimum Gasteiger partial charge on any atom is -0.342 e. The molecule has 0 aromatic heterocycles. The molecule has 0 atom stereocenters. The quantitative estimate of drug-likeness (QED) is 0.693. The second-order valence-corrected chi connectivity index (χ2v) is 3.61. The Labute approximate surface area is 74.8 Å². The monoisotopic (exact) mass is 164 g/mol. The molecular formula is C11H18N+. The molecule has 0 radical (unpaired) electrons. The van der Waals surface area contributed by atoms with Gasteiger partial charge >= 0.3 is 0 Å². The lowest BCUT2D eigenvalue weighted by Crippen LogP contribution is -2.83. The number of hydrogen-bond acceptors (Lipinski definition) is 0.